The Morgan fingerprint density at radius 1 is 0.882 bits per heavy atom. The summed E-state index contributed by atoms with van der Waals surface area (Å²) < 4.78 is 6.20. The summed E-state index contributed by atoms with van der Waals surface area (Å²) in [5, 5.41) is 21.4. The van der Waals surface area contributed by atoms with Gasteiger partial charge in [0, 0.05) is 17.9 Å². The topological polar surface area (TPSA) is 49.7 Å². The summed E-state index contributed by atoms with van der Waals surface area (Å²) in [6.45, 7) is 17.5. The van der Waals surface area contributed by atoms with E-state index in [1.807, 2.05) is 7.11 Å². The predicted molar refractivity (Wildman–Crippen MR) is 138 cm³/mol. The van der Waals surface area contributed by atoms with Gasteiger partial charge in [0.25, 0.3) is 0 Å². The molecule has 4 fully saturated rings. The zero-order chi connectivity index (χ0) is 24.9. The van der Waals surface area contributed by atoms with Gasteiger partial charge in [0.1, 0.15) is 0 Å². The molecule has 3 heteroatoms. The van der Waals surface area contributed by atoms with Crippen molar-refractivity contribution in [3.63, 3.8) is 0 Å². The van der Waals surface area contributed by atoms with Gasteiger partial charge < -0.3 is 14.9 Å². The molecule has 0 amide bonds. The Labute approximate surface area is 209 Å². The Morgan fingerprint density at radius 2 is 1.59 bits per heavy atom. The van der Waals surface area contributed by atoms with Gasteiger partial charge in [-0.05, 0) is 97.2 Å². The van der Waals surface area contributed by atoms with Crippen LogP contribution in [0.25, 0.3) is 0 Å². The number of aliphatic hydroxyl groups is 2. The molecule has 3 unspecified atom stereocenters. The summed E-state index contributed by atoms with van der Waals surface area (Å²) in [5.41, 5.74) is 2.62. The van der Waals surface area contributed by atoms with Crippen LogP contribution in [-0.2, 0) is 4.74 Å². The molecule has 5 aliphatic rings. The van der Waals surface area contributed by atoms with Gasteiger partial charge in [0.15, 0.2) is 0 Å². The molecule has 4 saturated carbocycles. The van der Waals surface area contributed by atoms with Gasteiger partial charge in [0.2, 0.25) is 0 Å². The van der Waals surface area contributed by atoms with Crippen LogP contribution in [0, 0.1) is 50.2 Å². The van der Waals surface area contributed by atoms with Gasteiger partial charge in [-0.1, -0.05) is 60.1 Å². The van der Waals surface area contributed by atoms with Gasteiger partial charge in [-0.3, -0.25) is 0 Å². The van der Waals surface area contributed by atoms with Crippen LogP contribution in [0.2, 0.25) is 0 Å². The summed E-state index contributed by atoms with van der Waals surface area (Å²) in [5.74, 6) is 1.62. The number of aliphatic hydroxyl groups excluding tert-OH is 2. The van der Waals surface area contributed by atoms with Gasteiger partial charge >= 0.3 is 0 Å². The summed E-state index contributed by atoms with van der Waals surface area (Å²) in [6, 6.07) is 0. The fourth-order valence-electron chi connectivity index (χ4n) is 11.0. The number of ether oxygens (including phenoxy) is 1. The van der Waals surface area contributed by atoms with Crippen molar-refractivity contribution in [2.45, 2.75) is 118 Å². The maximum Gasteiger partial charge on any atom is 0.0635 e. The van der Waals surface area contributed by atoms with Crippen LogP contribution in [0.15, 0.2) is 11.6 Å². The standard InChI is InChI=1S/C31H52O3/c1-26(2)17-21-20-9-10-23-28(4)13-12-24(33)29(5,19-32)22(28)11-14-31(23,7)30(20,6)16-15-27(21,3)25(18-26)34-8/h9,21-25,32-33H,10-19H2,1-8H3/t21?,22?,23?,24-,25+,27+,28-,29+,30+,31+/m0/s1. The number of fused-ring (bicyclic) bond motifs is 7. The third-order valence-corrected chi connectivity index (χ3v) is 13.5. The molecule has 0 aromatic carbocycles. The van der Waals surface area contributed by atoms with Gasteiger partial charge in [-0.2, -0.15) is 0 Å². The van der Waals surface area contributed by atoms with E-state index in [-0.39, 0.29) is 39.8 Å². The molecular weight excluding hydrogens is 420 g/mol. The second-order valence-corrected chi connectivity index (χ2v) is 15.4. The number of hydrogen-bond donors (Lipinski definition) is 2. The zero-order valence-corrected chi connectivity index (χ0v) is 23.3. The third-order valence-electron chi connectivity index (χ3n) is 13.5. The van der Waals surface area contributed by atoms with Gasteiger partial charge in [-0.25, -0.2) is 0 Å². The first-order chi connectivity index (χ1) is 15.7. The lowest BCUT2D eigenvalue weighted by Crippen LogP contribution is -2.66. The smallest absolute Gasteiger partial charge is 0.0635 e. The normalized spacial score (nSPS) is 56.4. The van der Waals surface area contributed by atoms with Crippen molar-refractivity contribution in [1.29, 1.82) is 0 Å². The quantitative estimate of drug-likeness (QED) is 0.436. The first-order valence-electron chi connectivity index (χ1n) is 14.2. The molecule has 0 bridgehead atoms. The van der Waals surface area contributed by atoms with E-state index >= 15 is 0 Å². The molecule has 0 spiro atoms. The lowest BCUT2D eigenvalue weighted by molar-refractivity contribution is -0.219. The maximum absolute atomic E-state index is 11.0. The summed E-state index contributed by atoms with van der Waals surface area (Å²) in [6.07, 6.45) is 13.1. The Bertz CT molecular complexity index is 863. The molecule has 2 N–H and O–H groups in total. The van der Waals surface area contributed by atoms with Crippen LogP contribution in [0.1, 0.15) is 106 Å². The summed E-state index contributed by atoms with van der Waals surface area (Å²) >= 11 is 0. The van der Waals surface area contributed by atoms with Crippen molar-refractivity contribution in [3.8, 4) is 0 Å². The van der Waals surface area contributed by atoms with E-state index in [9.17, 15) is 10.2 Å². The first kappa shape index (κ1) is 25.3. The Hall–Kier alpha value is -0.380. The van der Waals surface area contributed by atoms with Crippen LogP contribution in [0.5, 0.6) is 0 Å². The Balaban J connectivity index is 1.58. The van der Waals surface area contributed by atoms with Crippen LogP contribution in [0.4, 0.5) is 0 Å². The predicted octanol–water partition coefficient (Wildman–Crippen LogP) is 6.77. The molecular formula is C31H52O3. The molecule has 34 heavy (non-hydrogen) atoms. The summed E-state index contributed by atoms with van der Waals surface area (Å²) in [7, 11) is 1.94. The second-order valence-electron chi connectivity index (χ2n) is 15.4. The van der Waals surface area contributed by atoms with E-state index in [0.29, 0.717) is 29.3 Å². The monoisotopic (exact) mass is 472 g/mol. The fourth-order valence-corrected chi connectivity index (χ4v) is 11.0. The second kappa shape index (κ2) is 7.57. The highest BCUT2D eigenvalue weighted by Gasteiger charge is 2.69. The van der Waals surface area contributed by atoms with Gasteiger partial charge in [0.05, 0.1) is 18.8 Å². The van der Waals surface area contributed by atoms with E-state index in [0.717, 1.165) is 25.7 Å². The SMILES string of the molecule is CO[C@@H]1CC(C)(C)CC2C3=CCC4[C@@]5(C)CC[C@H](O)[C@](C)(CO)C5CC[C@@]4(C)[C@]3(C)CC[C@]21C. The minimum Gasteiger partial charge on any atom is -0.396 e. The molecule has 10 atom stereocenters. The van der Waals surface area contributed by atoms with Crippen molar-refractivity contribution in [1.82, 2.24) is 0 Å². The average molecular weight is 473 g/mol. The van der Waals surface area contributed by atoms with Crippen LogP contribution in [0.3, 0.4) is 0 Å². The molecule has 194 valence electrons. The third kappa shape index (κ3) is 2.99. The minimum absolute atomic E-state index is 0.101. The van der Waals surface area contributed by atoms with E-state index in [1.165, 1.54) is 32.1 Å². The summed E-state index contributed by atoms with van der Waals surface area (Å²) in [4.78, 5) is 0. The van der Waals surface area contributed by atoms with Crippen molar-refractivity contribution in [2.75, 3.05) is 13.7 Å². The molecule has 0 radical (unpaired) electrons. The Kier molecular flexibility index (Phi) is 5.63. The first-order valence-corrected chi connectivity index (χ1v) is 14.2. The number of rotatable bonds is 2. The van der Waals surface area contributed by atoms with Crippen molar-refractivity contribution in [2.24, 2.45) is 50.2 Å². The highest BCUT2D eigenvalue weighted by atomic mass is 16.5. The Morgan fingerprint density at radius 3 is 2.24 bits per heavy atom. The molecule has 0 aromatic heterocycles. The lowest BCUT2D eigenvalue weighted by Gasteiger charge is -2.71. The van der Waals surface area contributed by atoms with E-state index in [1.54, 1.807) is 5.57 Å². The van der Waals surface area contributed by atoms with Crippen molar-refractivity contribution in [3.05, 3.63) is 11.6 Å². The minimum atomic E-state index is -0.379. The van der Waals surface area contributed by atoms with Gasteiger partial charge in [-0.15, -0.1) is 0 Å². The van der Waals surface area contributed by atoms with Crippen LogP contribution < -0.4 is 0 Å². The highest BCUT2D eigenvalue weighted by Crippen LogP contribution is 2.75. The van der Waals surface area contributed by atoms with Crippen molar-refractivity contribution < 1.29 is 14.9 Å². The zero-order valence-electron chi connectivity index (χ0n) is 23.3. The molecule has 0 aromatic rings. The maximum atomic E-state index is 11.0. The fraction of sp³-hybridized carbons (Fsp3) is 0.935. The van der Waals surface area contributed by atoms with Crippen LogP contribution in [-0.4, -0.2) is 36.1 Å². The number of allylic oxidation sites excluding steroid dienone is 2. The largest absolute Gasteiger partial charge is 0.396 e. The van der Waals surface area contributed by atoms with Crippen LogP contribution >= 0.6 is 0 Å². The van der Waals surface area contributed by atoms with E-state index in [2.05, 4.69) is 54.5 Å². The molecule has 0 aliphatic heterocycles. The molecule has 3 nitrogen and oxygen atoms in total. The molecule has 0 saturated heterocycles. The van der Waals surface area contributed by atoms with E-state index in [4.69, 9.17) is 4.74 Å². The lowest BCUT2D eigenvalue weighted by atomic mass is 9.33. The highest BCUT2D eigenvalue weighted by molar-refractivity contribution is 5.34. The average Bonchev–Trinajstić information content (AvgIpc) is 2.77. The number of methoxy groups -OCH3 is 1. The number of hydrogen-bond acceptors (Lipinski definition) is 3. The van der Waals surface area contributed by atoms with Crippen molar-refractivity contribution >= 4 is 0 Å². The van der Waals surface area contributed by atoms with E-state index < -0.39 is 0 Å². The molecule has 0 heterocycles. The molecule has 5 rings (SSSR count). The molecule has 5 aliphatic carbocycles.